The minimum absolute atomic E-state index is 0.0381. The van der Waals surface area contributed by atoms with Crippen LogP contribution in [0.5, 0.6) is 0 Å². The molecule has 1 aromatic carbocycles. The molecular formula is C16H17N5OS. The largest absolute Gasteiger partial charge is 0.326 e. The predicted molar refractivity (Wildman–Crippen MR) is 89.8 cm³/mol. The first-order chi connectivity index (χ1) is 11.2. The lowest BCUT2D eigenvalue weighted by Gasteiger charge is -2.09. The van der Waals surface area contributed by atoms with E-state index in [1.165, 1.54) is 4.88 Å². The van der Waals surface area contributed by atoms with Gasteiger partial charge in [0.05, 0.1) is 5.69 Å². The van der Waals surface area contributed by atoms with E-state index in [1.54, 1.807) is 22.3 Å². The number of hydrogen-bond donors (Lipinski definition) is 1. The number of aromatic nitrogens is 4. The van der Waals surface area contributed by atoms with E-state index in [2.05, 4.69) is 32.3 Å². The molecule has 0 unspecified atom stereocenters. The van der Waals surface area contributed by atoms with E-state index in [0.29, 0.717) is 6.42 Å². The topological polar surface area (TPSA) is 72.7 Å². The maximum Gasteiger partial charge on any atom is 0.224 e. The quantitative estimate of drug-likeness (QED) is 0.755. The Bertz CT molecular complexity index is 768. The molecule has 0 atom stereocenters. The predicted octanol–water partition coefficient (Wildman–Crippen LogP) is 2.99. The molecule has 0 saturated heterocycles. The first-order valence-electron chi connectivity index (χ1n) is 7.38. The van der Waals surface area contributed by atoms with Gasteiger partial charge in [0, 0.05) is 17.0 Å². The molecule has 0 aliphatic rings. The highest BCUT2D eigenvalue weighted by Crippen LogP contribution is 2.18. The third-order valence-electron chi connectivity index (χ3n) is 3.48. The third kappa shape index (κ3) is 4.01. The van der Waals surface area contributed by atoms with Crippen molar-refractivity contribution in [2.45, 2.75) is 26.2 Å². The molecule has 0 saturated carbocycles. The van der Waals surface area contributed by atoms with Crippen molar-refractivity contribution >= 4 is 22.9 Å². The fourth-order valence-electron chi connectivity index (χ4n) is 2.36. The molecule has 3 aromatic rings. The van der Waals surface area contributed by atoms with Crippen molar-refractivity contribution in [2.75, 3.05) is 5.32 Å². The maximum absolute atomic E-state index is 12.0. The minimum Gasteiger partial charge on any atom is -0.326 e. The Morgan fingerprint density at radius 1 is 1.35 bits per heavy atom. The average molecular weight is 327 g/mol. The van der Waals surface area contributed by atoms with Crippen molar-refractivity contribution < 1.29 is 4.79 Å². The molecule has 0 fully saturated rings. The Labute approximate surface area is 138 Å². The molecule has 1 N–H and O–H groups in total. The van der Waals surface area contributed by atoms with Crippen molar-refractivity contribution in [1.82, 2.24) is 20.2 Å². The SMILES string of the molecule is Cc1cc(NC(=O)CCCc2cccs2)ccc1-n1cnnn1. The summed E-state index contributed by atoms with van der Waals surface area (Å²) in [5.74, 6) is 0.0381. The molecule has 23 heavy (non-hydrogen) atoms. The zero-order valence-electron chi connectivity index (χ0n) is 12.8. The van der Waals surface area contributed by atoms with Gasteiger partial charge in [-0.15, -0.1) is 16.4 Å². The van der Waals surface area contributed by atoms with Gasteiger partial charge >= 0.3 is 0 Å². The molecule has 0 aliphatic heterocycles. The summed E-state index contributed by atoms with van der Waals surface area (Å²) in [5, 5.41) is 16.1. The molecule has 1 amide bonds. The third-order valence-corrected chi connectivity index (χ3v) is 4.42. The zero-order valence-corrected chi connectivity index (χ0v) is 13.6. The van der Waals surface area contributed by atoms with E-state index in [1.807, 2.05) is 31.2 Å². The van der Waals surface area contributed by atoms with Gasteiger partial charge in [0.15, 0.2) is 0 Å². The highest BCUT2D eigenvalue weighted by atomic mass is 32.1. The molecule has 0 aliphatic carbocycles. The van der Waals surface area contributed by atoms with Crippen LogP contribution in [-0.2, 0) is 11.2 Å². The Kier molecular flexibility index (Phi) is 4.77. The van der Waals surface area contributed by atoms with Gasteiger partial charge < -0.3 is 5.32 Å². The molecule has 118 valence electrons. The summed E-state index contributed by atoms with van der Waals surface area (Å²) in [6, 6.07) is 9.82. The van der Waals surface area contributed by atoms with Crippen LogP contribution in [0.3, 0.4) is 0 Å². The second-order valence-corrected chi connectivity index (χ2v) is 6.27. The van der Waals surface area contributed by atoms with Crippen LogP contribution in [0.1, 0.15) is 23.3 Å². The fraction of sp³-hybridized carbons (Fsp3) is 0.250. The number of carbonyl (C=O) groups excluding carboxylic acids is 1. The first-order valence-corrected chi connectivity index (χ1v) is 8.26. The van der Waals surface area contributed by atoms with Gasteiger partial charge in [-0.1, -0.05) is 6.07 Å². The van der Waals surface area contributed by atoms with Gasteiger partial charge in [0.2, 0.25) is 5.91 Å². The van der Waals surface area contributed by atoms with Crippen molar-refractivity contribution in [2.24, 2.45) is 0 Å². The fourth-order valence-corrected chi connectivity index (χ4v) is 3.11. The summed E-state index contributed by atoms with van der Waals surface area (Å²) in [5.41, 5.74) is 2.68. The summed E-state index contributed by atoms with van der Waals surface area (Å²) in [6.07, 6.45) is 3.87. The van der Waals surface area contributed by atoms with Gasteiger partial charge in [0.1, 0.15) is 6.33 Å². The van der Waals surface area contributed by atoms with Gasteiger partial charge in [-0.3, -0.25) is 4.79 Å². The van der Waals surface area contributed by atoms with Crippen LogP contribution in [0.25, 0.3) is 5.69 Å². The molecular weight excluding hydrogens is 310 g/mol. The monoisotopic (exact) mass is 327 g/mol. The van der Waals surface area contributed by atoms with Crippen molar-refractivity contribution in [3.63, 3.8) is 0 Å². The van der Waals surface area contributed by atoms with Gasteiger partial charge in [-0.05, 0) is 65.4 Å². The molecule has 6 nitrogen and oxygen atoms in total. The molecule has 7 heteroatoms. The number of tetrazole rings is 1. The van der Waals surface area contributed by atoms with Crippen LogP contribution in [0.15, 0.2) is 42.0 Å². The summed E-state index contributed by atoms with van der Waals surface area (Å²) in [4.78, 5) is 13.3. The van der Waals surface area contributed by atoms with Crippen molar-refractivity contribution in [3.05, 3.63) is 52.5 Å². The molecule has 2 aromatic heterocycles. The van der Waals surface area contributed by atoms with E-state index in [4.69, 9.17) is 0 Å². The summed E-state index contributed by atoms with van der Waals surface area (Å²) in [7, 11) is 0. The summed E-state index contributed by atoms with van der Waals surface area (Å²) >= 11 is 1.73. The minimum atomic E-state index is 0.0381. The number of amides is 1. The average Bonchev–Trinajstić information content (AvgIpc) is 3.20. The molecule has 3 rings (SSSR count). The van der Waals surface area contributed by atoms with Crippen LogP contribution in [0.2, 0.25) is 0 Å². The standard InChI is InChI=1S/C16H17N5OS/c1-12-10-13(7-8-15(12)21-11-17-19-20-21)18-16(22)6-2-4-14-5-3-9-23-14/h3,5,7-11H,2,4,6H2,1H3,(H,18,22). The number of hydrogen-bond acceptors (Lipinski definition) is 5. The van der Waals surface area contributed by atoms with E-state index in [0.717, 1.165) is 29.8 Å². The Morgan fingerprint density at radius 2 is 2.26 bits per heavy atom. The van der Waals surface area contributed by atoms with Gasteiger partial charge in [-0.25, -0.2) is 4.68 Å². The second kappa shape index (κ2) is 7.15. The number of rotatable bonds is 6. The lowest BCUT2D eigenvalue weighted by molar-refractivity contribution is -0.116. The highest BCUT2D eigenvalue weighted by molar-refractivity contribution is 7.09. The normalized spacial score (nSPS) is 10.7. The smallest absolute Gasteiger partial charge is 0.224 e. The molecule has 2 heterocycles. The Hall–Kier alpha value is -2.54. The number of nitrogens with one attached hydrogen (secondary N) is 1. The molecule has 0 spiro atoms. The van der Waals surface area contributed by atoms with E-state index >= 15 is 0 Å². The second-order valence-electron chi connectivity index (χ2n) is 5.24. The Morgan fingerprint density at radius 3 is 2.96 bits per heavy atom. The Balaban J connectivity index is 1.55. The zero-order chi connectivity index (χ0) is 16.1. The van der Waals surface area contributed by atoms with E-state index in [9.17, 15) is 4.79 Å². The molecule has 0 radical (unpaired) electrons. The lowest BCUT2D eigenvalue weighted by Crippen LogP contribution is -2.12. The van der Waals surface area contributed by atoms with Gasteiger partial charge in [0.25, 0.3) is 0 Å². The van der Waals surface area contributed by atoms with Crippen molar-refractivity contribution in [3.8, 4) is 5.69 Å². The van der Waals surface area contributed by atoms with Crippen LogP contribution in [0.4, 0.5) is 5.69 Å². The number of aryl methyl sites for hydroxylation is 2. The summed E-state index contributed by atoms with van der Waals surface area (Å²) in [6.45, 7) is 1.96. The first kappa shape index (κ1) is 15.4. The number of thiophene rings is 1. The number of nitrogens with zero attached hydrogens (tertiary/aromatic N) is 4. The number of benzene rings is 1. The lowest BCUT2D eigenvalue weighted by atomic mass is 10.1. The number of anilines is 1. The van der Waals surface area contributed by atoms with E-state index < -0.39 is 0 Å². The van der Waals surface area contributed by atoms with Crippen molar-refractivity contribution in [1.29, 1.82) is 0 Å². The van der Waals surface area contributed by atoms with Crippen LogP contribution >= 0.6 is 11.3 Å². The van der Waals surface area contributed by atoms with Crippen LogP contribution in [-0.4, -0.2) is 26.1 Å². The molecule has 0 bridgehead atoms. The van der Waals surface area contributed by atoms with Crippen LogP contribution < -0.4 is 5.32 Å². The maximum atomic E-state index is 12.0. The summed E-state index contributed by atoms with van der Waals surface area (Å²) < 4.78 is 1.60. The highest BCUT2D eigenvalue weighted by Gasteiger charge is 2.07. The van der Waals surface area contributed by atoms with Crippen LogP contribution in [0, 0.1) is 6.92 Å². The number of carbonyl (C=O) groups is 1. The van der Waals surface area contributed by atoms with Gasteiger partial charge in [-0.2, -0.15) is 0 Å². The van der Waals surface area contributed by atoms with E-state index in [-0.39, 0.29) is 5.91 Å².